The van der Waals surface area contributed by atoms with E-state index < -0.39 is 0 Å². The summed E-state index contributed by atoms with van der Waals surface area (Å²) in [5, 5.41) is 20.8. The number of carbonyl (C=O) groups is 1. The number of nitrogens with zero attached hydrogens (tertiary/aromatic N) is 2. The molecule has 1 aromatic carbocycles. The second-order valence-electron chi connectivity index (χ2n) is 6.56. The number of hydrogen-bond acceptors (Lipinski definition) is 5. The quantitative estimate of drug-likeness (QED) is 0.636. The molecule has 0 radical (unpaired) electrons. The minimum atomic E-state index is -0.197. The second-order valence-corrected chi connectivity index (χ2v) is 6.56. The Bertz CT molecular complexity index is 712. The molecular formula is C20H29N3O3. The summed E-state index contributed by atoms with van der Waals surface area (Å²) in [7, 11) is 0. The van der Waals surface area contributed by atoms with Gasteiger partial charge < -0.3 is 9.84 Å². The van der Waals surface area contributed by atoms with Crippen LogP contribution in [0.4, 0.5) is 0 Å². The van der Waals surface area contributed by atoms with Gasteiger partial charge in [-0.2, -0.15) is 15.4 Å². The standard InChI is InChI=1S/C20H29N3O3/c1-4-6-18-19(22-23-21-18)10-9-16(12-20(25)26-5-2)15-8-7-14(3)17(11-15)13-24/h7-8,11,16,24H,4-6,9-10,12-13H2,1-3H3,(H,21,22,23). The maximum Gasteiger partial charge on any atom is 0.306 e. The molecule has 142 valence electrons. The van der Waals surface area contributed by atoms with Crippen molar-refractivity contribution in [1.82, 2.24) is 15.4 Å². The summed E-state index contributed by atoms with van der Waals surface area (Å²) in [6.07, 6.45) is 3.76. The fourth-order valence-electron chi connectivity index (χ4n) is 3.15. The Hall–Kier alpha value is -2.21. The van der Waals surface area contributed by atoms with Crippen molar-refractivity contribution in [2.24, 2.45) is 0 Å². The smallest absolute Gasteiger partial charge is 0.306 e. The number of H-pyrrole nitrogens is 1. The molecule has 0 amide bonds. The Morgan fingerprint density at radius 2 is 1.96 bits per heavy atom. The third-order valence-electron chi connectivity index (χ3n) is 4.65. The van der Waals surface area contributed by atoms with Crippen LogP contribution in [0.5, 0.6) is 0 Å². The van der Waals surface area contributed by atoms with Crippen molar-refractivity contribution in [3.05, 3.63) is 46.3 Å². The molecule has 0 aliphatic carbocycles. The van der Waals surface area contributed by atoms with Gasteiger partial charge in [-0.05, 0) is 55.7 Å². The van der Waals surface area contributed by atoms with Crippen molar-refractivity contribution >= 4 is 5.97 Å². The molecule has 1 atom stereocenters. The molecular weight excluding hydrogens is 330 g/mol. The van der Waals surface area contributed by atoms with Crippen molar-refractivity contribution in [1.29, 1.82) is 0 Å². The molecule has 0 saturated heterocycles. The highest BCUT2D eigenvalue weighted by molar-refractivity contribution is 5.70. The molecule has 6 heteroatoms. The predicted octanol–water partition coefficient (Wildman–Crippen LogP) is 3.23. The number of esters is 1. The predicted molar refractivity (Wildman–Crippen MR) is 99.8 cm³/mol. The van der Waals surface area contributed by atoms with E-state index in [1.54, 1.807) is 0 Å². The van der Waals surface area contributed by atoms with E-state index in [1.807, 2.05) is 32.0 Å². The molecule has 0 spiro atoms. The average Bonchev–Trinajstić information content (AvgIpc) is 3.07. The van der Waals surface area contributed by atoms with Gasteiger partial charge in [-0.1, -0.05) is 31.5 Å². The zero-order chi connectivity index (χ0) is 18.9. The average molecular weight is 359 g/mol. The van der Waals surface area contributed by atoms with Gasteiger partial charge in [-0.3, -0.25) is 4.79 Å². The molecule has 1 unspecified atom stereocenters. The number of aromatic nitrogens is 3. The van der Waals surface area contributed by atoms with Crippen LogP contribution >= 0.6 is 0 Å². The summed E-state index contributed by atoms with van der Waals surface area (Å²) in [5.41, 5.74) is 4.96. The lowest BCUT2D eigenvalue weighted by molar-refractivity contribution is -0.143. The minimum Gasteiger partial charge on any atom is -0.466 e. The molecule has 0 bridgehead atoms. The second kappa shape index (κ2) is 10.1. The number of rotatable bonds is 10. The van der Waals surface area contributed by atoms with E-state index in [1.165, 1.54) is 0 Å². The molecule has 0 fully saturated rings. The number of aliphatic hydroxyl groups is 1. The van der Waals surface area contributed by atoms with Gasteiger partial charge in [0.2, 0.25) is 0 Å². The molecule has 6 nitrogen and oxygen atoms in total. The van der Waals surface area contributed by atoms with E-state index in [9.17, 15) is 9.90 Å². The van der Waals surface area contributed by atoms with Crippen LogP contribution in [-0.2, 0) is 29.0 Å². The van der Waals surface area contributed by atoms with Gasteiger partial charge in [0.1, 0.15) is 0 Å². The van der Waals surface area contributed by atoms with Crippen LogP contribution in [0.1, 0.15) is 67.1 Å². The Labute approximate surface area is 155 Å². The Balaban J connectivity index is 2.17. The van der Waals surface area contributed by atoms with E-state index in [-0.39, 0.29) is 18.5 Å². The number of benzene rings is 1. The third kappa shape index (κ3) is 5.39. The topological polar surface area (TPSA) is 88.1 Å². The first kappa shape index (κ1) is 20.1. The number of aromatic amines is 1. The molecule has 0 aliphatic rings. The van der Waals surface area contributed by atoms with E-state index in [2.05, 4.69) is 22.3 Å². The SMILES string of the molecule is CCCc1n[nH]nc1CCC(CC(=O)OCC)c1ccc(C)c(CO)c1. The highest BCUT2D eigenvalue weighted by atomic mass is 16.5. The highest BCUT2D eigenvalue weighted by Gasteiger charge is 2.19. The minimum absolute atomic E-state index is 0.00423. The molecule has 0 saturated carbocycles. The summed E-state index contributed by atoms with van der Waals surface area (Å²) in [4.78, 5) is 12.1. The lowest BCUT2D eigenvalue weighted by atomic mass is 9.88. The molecule has 2 rings (SSSR count). The van der Waals surface area contributed by atoms with Crippen molar-refractivity contribution < 1.29 is 14.6 Å². The highest BCUT2D eigenvalue weighted by Crippen LogP contribution is 2.28. The molecule has 1 heterocycles. The molecule has 1 aromatic heterocycles. The number of nitrogens with one attached hydrogen (secondary N) is 1. The van der Waals surface area contributed by atoms with Crippen LogP contribution in [-0.4, -0.2) is 33.1 Å². The summed E-state index contributed by atoms with van der Waals surface area (Å²) >= 11 is 0. The Morgan fingerprint density at radius 1 is 1.23 bits per heavy atom. The first-order chi connectivity index (χ1) is 12.6. The fourth-order valence-corrected chi connectivity index (χ4v) is 3.15. The molecule has 2 N–H and O–H groups in total. The van der Waals surface area contributed by atoms with Gasteiger partial charge in [0.25, 0.3) is 0 Å². The van der Waals surface area contributed by atoms with Gasteiger partial charge in [0.15, 0.2) is 0 Å². The van der Waals surface area contributed by atoms with Gasteiger partial charge >= 0.3 is 5.97 Å². The lowest BCUT2D eigenvalue weighted by Gasteiger charge is -2.18. The molecule has 26 heavy (non-hydrogen) atoms. The van der Waals surface area contributed by atoms with Crippen LogP contribution in [0, 0.1) is 6.92 Å². The van der Waals surface area contributed by atoms with Crippen LogP contribution < -0.4 is 0 Å². The van der Waals surface area contributed by atoms with E-state index in [0.29, 0.717) is 13.0 Å². The van der Waals surface area contributed by atoms with Crippen LogP contribution in [0.25, 0.3) is 0 Å². The van der Waals surface area contributed by atoms with E-state index >= 15 is 0 Å². The number of aryl methyl sites for hydroxylation is 3. The maximum atomic E-state index is 12.1. The first-order valence-corrected chi connectivity index (χ1v) is 9.33. The van der Waals surface area contributed by atoms with Gasteiger partial charge in [0.05, 0.1) is 31.0 Å². The monoisotopic (exact) mass is 359 g/mol. The number of carbonyl (C=O) groups excluding carboxylic acids is 1. The Morgan fingerprint density at radius 3 is 2.62 bits per heavy atom. The number of hydrogen-bond donors (Lipinski definition) is 2. The van der Waals surface area contributed by atoms with Crippen molar-refractivity contribution in [2.45, 2.75) is 65.4 Å². The van der Waals surface area contributed by atoms with Gasteiger partial charge in [-0.25, -0.2) is 0 Å². The summed E-state index contributed by atoms with van der Waals surface area (Å²) < 4.78 is 5.15. The first-order valence-electron chi connectivity index (χ1n) is 9.33. The lowest BCUT2D eigenvalue weighted by Crippen LogP contribution is -2.12. The fraction of sp³-hybridized carbons (Fsp3) is 0.550. The summed E-state index contributed by atoms with van der Waals surface area (Å²) in [6.45, 7) is 6.28. The summed E-state index contributed by atoms with van der Waals surface area (Å²) in [6, 6.07) is 6.03. The largest absolute Gasteiger partial charge is 0.466 e. The maximum absolute atomic E-state index is 12.1. The van der Waals surface area contributed by atoms with Gasteiger partial charge in [0, 0.05) is 0 Å². The van der Waals surface area contributed by atoms with Crippen molar-refractivity contribution in [2.75, 3.05) is 6.61 Å². The number of ether oxygens (including phenoxy) is 1. The van der Waals surface area contributed by atoms with Gasteiger partial charge in [-0.15, -0.1) is 0 Å². The van der Waals surface area contributed by atoms with Crippen molar-refractivity contribution in [3.8, 4) is 0 Å². The molecule has 2 aromatic rings. The number of aliphatic hydroxyl groups excluding tert-OH is 1. The van der Waals surface area contributed by atoms with Crippen LogP contribution in [0.15, 0.2) is 18.2 Å². The van der Waals surface area contributed by atoms with Crippen molar-refractivity contribution in [3.63, 3.8) is 0 Å². The van der Waals surface area contributed by atoms with Crippen LogP contribution in [0.2, 0.25) is 0 Å². The van der Waals surface area contributed by atoms with E-state index in [4.69, 9.17) is 4.74 Å². The zero-order valence-corrected chi connectivity index (χ0v) is 15.9. The third-order valence-corrected chi connectivity index (χ3v) is 4.65. The normalized spacial score (nSPS) is 12.2. The molecule has 0 aliphatic heterocycles. The van der Waals surface area contributed by atoms with Crippen LogP contribution in [0.3, 0.4) is 0 Å². The van der Waals surface area contributed by atoms with E-state index in [0.717, 1.165) is 53.8 Å². The Kier molecular flexibility index (Phi) is 7.78. The zero-order valence-electron chi connectivity index (χ0n) is 15.9. The summed E-state index contributed by atoms with van der Waals surface area (Å²) in [5.74, 6) is -0.177.